The lowest BCUT2D eigenvalue weighted by molar-refractivity contribution is -0.137. The van der Waals surface area contributed by atoms with Crippen molar-refractivity contribution in [1.29, 1.82) is 0 Å². The highest BCUT2D eigenvalue weighted by atomic mass is 19.1. The summed E-state index contributed by atoms with van der Waals surface area (Å²) in [6.07, 6.45) is 3.12. The molecule has 1 atom stereocenters. The minimum absolute atomic E-state index is 0.0359. The molecule has 1 fully saturated rings. The van der Waals surface area contributed by atoms with Gasteiger partial charge in [0.25, 0.3) is 0 Å². The van der Waals surface area contributed by atoms with Gasteiger partial charge in [0.15, 0.2) is 0 Å². The average Bonchev–Trinajstić information content (AvgIpc) is 2.47. The van der Waals surface area contributed by atoms with E-state index in [4.69, 9.17) is 5.11 Å². The molecule has 1 aromatic carbocycles. The number of hydrogen-bond donors (Lipinski definition) is 2. The molecule has 0 aliphatic carbocycles. The van der Waals surface area contributed by atoms with Crippen LogP contribution in [0.25, 0.3) is 0 Å². The zero-order valence-electron chi connectivity index (χ0n) is 11.7. The van der Waals surface area contributed by atoms with Crippen LogP contribution in [0.3, 0.4) is 0 Å². The molecular weight excluding hydrogens is 275 g/mol. The van der Waals surface area contributed by atoms with Crippen LogP contribution in [0.1, 0.15) is 32.1 Å². The Kier molecular flexibility index (Phi) is 5.14. The van der Waals surface area contributed by atoms with Gasteiger partial charge in [-0.25, -0.2) is 9.18 Å². The Labute approximate surface area is 122 Å². The summed E-state index contributed by atoms with van der Waals surface area (Å²) in [5.41, 5.74) is 0.144. The van der Waals surface area contributed by atoms with Gasteiger partial charge in [-0.15, -0.1) is 0 Å². The number of piperidine rings is 1. The monoisotopic (exact) mass is 294 g/mol. The SMILES string of the molecule is O=C(O)CCC1CCCCN1C(=O)Nc1ccccc1F. The Morgan fingerprint density at radius 1 is 1.33 bits per heavy atom. The van der Waals surface area contributed by atoms with Crippen molar-refractivity contribution in [3.05, 3.63) is 30.1 Å². The van der Waals surface area contributed by atoms with Crippen LogP contribution < -0.4 is 5.32 Å². The number of rotatable bonds is 4. The second-order valence-corrected chi connectivity index (χ2v) is 5.19. The second kappa shape index (κ2) is 7.06. The van der Waals surface area contributed by atoms with Crippen LogP contribution in [0, 0.1) is 5.82 Å². The standard InChI is InChI=1S/C15H19FN2O3/c16-12-6-1-2-7-13(12)17-15(21)18-10-4-3-5-11(18)8-9-14(19)20/h1-2,6-7,11H,3-5,8-10H2,(H,17,21)(H,19,20). The van der Waals surface area contributed by atoms with Crippen LogP contribution in [0.2, 0.25) is 0 Å². The molecule has 1 aliphatic rings. The summed E-state index contributed by atoms with van der Waals surface area (Å²) < 4.78 is 13.6. The topological polar surface area (TPSA) is 69.6 Å². The third-order valence-corrected chi connectivity index (χ3v) is 3.69. The first-order valence-electron chi connectivity index (χ1n) is 7.12. The zero-order chi connectivity index (χ0) is 15.2. The van der Waals surface area contributed by atoms with E-state index in [0.717, 1.165) is 19.3 Å². The average molecular weight is 294 g/mol. The van der Waals surface area contributed by atoms with E-state index < -0.39 is 11.8 Å². The number of halogens is 1. The van der Waals surface area contributed by atoms with E-state index in [9.17, 15) is 14.0 Å². The zero-order valence-corrected chi connectivity index (χ0v) is 11.7. The number of para-hydroxylation sites is 1. The molecule has 0 aromatic heterocycles. The van der Waals surface area contributed by atoms with E-state index in [1.807, 2.05) is 0 Å². The first-order valence-corrected chi connectivity index (χ1v) is 7.12. The number of anilines is 1. The van der Waals surface area contributed by atoms with Crippen LogP contribution in [0.4, 0.5) is 14.9 Å². The fourth-order valence-corrected chi connectivity index (χ4v) is 2.61. The molecule has 0 bridgehead atoms. The Hall–Kier alpha value is -2.11. The van der Waals surface area contributed by atoms with E-state index >= 15 is 0 Å². The molecular formula is C15H19FN2O3. The number of urea groups is 1. The first-order chi connectivity index (χ1) is 10.1. The Morgan fingerprint density at radius 2 is 2.10 bits per heavy atom. The van der Waals surface area contributed by atoms with E-state index in [0.29, 0.717) is 13.0 Å². The van der Waals surface area contributed by atoms with Gasteiger partial charge in [0.1, 0.15) is 5.82 Å². The normalized spacial score (nSPS) is 18.3. The van der Waals surface area contributed by atoms with Gasteiger partial charge in [-0.3, -0.25) is 4.79 Å². The third kappa shape index (κ3) is 4.18. The number of aliphatic carboxylic acids is 1. The number of carboxylic acids is 1. The van der Waals surface area contributed by atoms with Gasteiger partial charge in [0.05, 0.1) is 5.69 Å². The number of carboxylic acid groups (broad SMARTS) is 1. The Balaban J connectivity index is 2.01. The smallest absolute Gasteiger partial charge is 0.322 e. The van der Waals surface area contributed by atoms with E-state index in [1.54, 1.807) is 17.0 Å². The second-order valence-electron chi connectivity index (χ2n) is 5.19. The molecule has 1 unspecified atom stereocenters. The van der Waals surface area contributed by atoms with Gasteiger partial charge < -0.3 is 15.3 Å². The Bertz CT molecular complexity index is 521. The molecule has 6 heteroatoms. The third-order valence-electron chi connectivity index (χ3n) is 3.69. The summed E-state index contributed by atoms with van der Waals surface area (Å²) >= 11 is 0. The number of nitrogens with one attached hydrogen (secondary N) is 1. The van der Waals surface area contributed by atoms with Crippen molar-refractivity contribution < 1.29 is 19.1 Å². The van der Waals surface area contributed by atoms with E-state index in [-0.39, 0.29) is 24.2 Å². The highest BCUT2D eigenvalue weighted by molar-refractivity contribution is 5.89. The van der Waals surface area contributed by atoms with Crippen molar-refractivity contribution >= 4 is 17.7 Å². The number of amides is 2. The molecule has 1 aromatic rings. The van der Waals surface area contributed by atoms with Crippen molar-refractivity contribution in [2.75, 3.05) is 11.9 Å². The lowest BCUT2D eigenvalue weighted by Crippen LogP contribution is -2.46. The molecule has 21 heavy (non-hydrogen) atoms. The predicted molar refractivity (Wildman–Crippen MR) is 76.6 cm³/mol. The molecule has 2 rings (SSSR count). The quantitative estimate of drug-likeness (QED) is 0.896. The molecule has 1 aliphatic heterocycles. The minimum atomic E-state index is -0.866. The lowest BCUT2D eigenvalue weighted by Gasteiger charge is -2.35. The Morgan fingerprint density at radius 3 is 2.81 bits per heavy atom. The van der Waals surface area contributed by atoms with Crippen molar-refractivity contribution in [2.45, 2.75) is 38.1 Å². The number of likely N-dealkylation sites (tertiary alicyclic amines) is 1. The molecule has 114 valence electrons. The number of carbonyl (C=O) groups is 2. The first kappa shape index (κ1) is 15.3. The van der Waals surface area contributed by atoms with Gasteiger partial charge in [0.2, 0.25) is 0 Å². The minimum Gasteiger partial charge on any atom is -0.481 e. The molecule has 5 nitrogen and oxygen atoms in total. The number of hydrogen-bond acceptors (Lipinski definition) is 2. The number of benzene rings is 1. The van der Waals surface area contributed by atoms with Gasteiger partial charge in [-0.2, -0.15) is 0 Å². The fourth-order valence-electron chi connectivity index (χ4n) is 2.61. The maximum atomic E-state index is 13.6. The van der Waals surface area contributed by atoms with Crippen LogP contribution in [0.15, 0.2) is 24.3 Å². The summed E-state index contributed by atoms with van der Waals surface area (Å²) in [7, 11) is 0. The lowest BCUT2D eigenvalue weighted by atomic mass is 9.98. The maximum absolute atomic E-state index is 13.6. The highest BCUT2D eigenvalue weighted by Crippen LogP contribution is 2.22. The van der Waals surface area contributed by atoms with Crippen LogP contribution >= 0.6 is 0 Å². The van der Waals surface area contributed by atoms with Gasteiger partial charge >= 0.3 is 12.0 Å². The van der Waals surface area contributed by atoms with Crippen LogP contribution in [-0.4, -0.2) is 34.6 Å². The van der Waals surface area contributed by atoms with Crippen LogP contribution in [0.5, 0.6) is 0 Å². The van der Waals surface area contributed by atoms with E-state index in [1.165, 1.54) is 12.1 Å². The van der Waals surface area contributed by atoms with Crippen LogP contribution in [-0.2, 0) is 4.79 Å². The van der Waals surface area contributed by atoms with Crippen molar-refractivity contribution in [3.8, 4) is 0 Å². The maximum Gasteiger partial charge on any atom is 0.322 e. The van der Waals surface area contributed by atoms with Gasteiger partial charge in [0, 0.05) is 19.0 Å². The van der Waals surface area contributed by atoms with Crippen molar-refractivity contribution in [2.24, 2.45) is 0 Å². The van der Waals surface area contributed by atoms with E-state index in [2.05, 4.69) is 5.32 Å². The molecule has 2 N–H and O–H groups in total. The summed E-state index contributed by atoms with van der Waals surface area (Å²) in [5.74, 6) is -1.35. The number of nitrogens with zero attached hydrogens (tertiary/aromatic N) is 1. The summed E-state index contributed by atoms with van der Waals surface area (Å²) in [5, 5.41) is 11.3. The number of carbonyl (C=O) groups excluding carboxylic acids is 1. The van der Waals surface area contributed by atoms with Gasteiger partial charge in [-0.1, -0.05) is 12.1 Å². The predicted octanol–water partition coefficient (Wildman–Crippen LogP) is 3.08. The van der Waals surface area contributed by atoms with Crippen molar-refractivity contribution in [1.82, 2.24) is 4.90 Å². The van der Waals surface area contributed by atoms with Crippen molar-refractivity contribution in [3.63, 3.8) is 0 Å². The molecule has 2 amide bonds. The molecule has 0 spiro atoms. The summed E-state index contributed by atoms with van der Waals surface area (Å²) in [6.45, 7) is 0.574. The molecule has 1 saturated heterocycles. The molecule has 1 heterocycles. The summed E-state index contributed by atoms with van der Waals surface area (Å²) in [6, 6.07) is 5.53. The fraction of sp³-hybridized carbons (Fsp3) is 0.467. The molecule has 0 radical (unpaired) electrons. The highest BCUT2D eigenvalue weighted by Gasteiger charge is 2.27. The van der Waals surface area contributed by atoms with Gasteiger partial charge in [-0.05, 0) is 37.8 Å². The summed E-state index contributed by atoms with van der Waals surface area (Å²) in [4.78, 5) is 24.6. The largest absolute Gasteiger partial charge is 0.481 e. The molecule has 0 saturated carbocycles.